The summed E-state index contributed by atoms with van der Waals surface area (Å²) in [5.74, 6) is -0.475. The van der Waals surface area contributed by atoms with Crippen LogP contribution >= 0.6 is 0 Å². The second-order valence-corrected chi connectivity index (χ2v) is 8.24. The first-order chi connectivity index (χ1) is 15.8. The van der Waals surface area contributed by atoms with Gasteiger partial charge in [-0.2, -0.15) is 0 Å². The zero-order chi connectivity index (χ0) is 24.0. The number of anilines is 2. The maximum absolute atomic E-state index is 14.8. The molecule has 0 spiro atoms. The maximum atomic E-state index is 14.8. The van der Waals surface area contributed by atoms with E-state index in [4.69, 9.17) is 21.4 Å². The second kappa shape index (κ2) is 9.78. The molecule has 0 unspecified atom stereocenters. The fourth-order valence-corrected chi connectivity index (χ4v) is 4.21. The summed E-state index contributed by atoms with van der Waals surface area (Å²) in [5.41, 5.74) is 12.7. The highest BCUT2D eigenvalue weighted by molar-refractivity contribution is 7.91. The Morgan fingerprint density at radius 2 is 1.45 bits per heavy atom. The van der Waals surface area contributed by atoms with Crippen LogP contribution in [0.3, 0.4) is 0 Å². The molecule has 0 aliphatic heterocycles. The van der Waals surface area contributed by atoms with Crippen LogP contribution < -0.4 is 11.5 Å². The van der Waals surface area contributed by atoms with Crippen molar-refractivity contribution in [2.45, 2.75) is 10.1 Å². The fraction of sp³-hybridized carbons (Fsp3) is 0. The number of nitrogens with zero attached hydrogens (tertiary/aromatic N) is 4. The predicted molar refractivity (Wildman–Crippen MR) is 118 cm³/mol. The maximum Gasteiger partial charge on any atom is 0.290 e. The molecule has 0 aliphatic rings. The molecule has 4 rings (SSSR count). The third kappa shape index (κ3) is 5.07. The molecule has 33 heavy (non-hydrogen) atoms. The van der Waals surface area contributed by atoms with Gasteiger partial charge in [0.25, 0.3) is 11.6 Å². The number of halogens is 1. The Kier molecular flexibility index (Phi) is 6.88. The van der Waals surface area contributed by atoms with Gasteiger partial charge in [-0.1, -0.05) is 30.3 Å². The van der Waals surface area contributed by atoms with Gasteiger partial charge < -0.3 is 16.6 Å². The second-order valence-electron chi connectivity index (χ2n) is 6.43. The summed E-state index contributed by atoms with van der Waals surface area (Å²) in [7, 11) is -4.05. The van der Waals surface area contributed by atoms with Crippen LogP contribution in [0.2, 0.25) is 0 Å². The van der Waals surface area contributed by atoms with E-state index in [1.54, 1.807) is 24.3 Å². The minimum absolute atomic E-state index is 0.0438. The molecular formula is C21H17FN6O4S. The van der Waals surface area contributed by atoms with Crippen molar-refractivity contribution in [1.82, 2.24) is 19.9 Å². The molecule has 0 saturated carbocycles. The Morgan fingerprint density at radius 1 is 0.848 bits per heavy atom. The largest absolute Gasteiger partial charge is 0.483 e. The van der Waals surface area contributed by atoms with Gasteiger partial charge in [0.05, 0.1) is 23.0 Å². The zero-order valence-corrected chi connectivity index (χ0v) is 17.6. The molecule has 0 amide bonds. The third-order valence-electron chi connectivity index (χ3n) is 4.33. The molecule has 2 heterocycles. The molecule has 168 valence electrons. The highest BCUT2D eigenvalue weighted by Crippen LogP contribution is 2.33. The van der Waals surface area contributed by atoms with Crippen LogP contribution in [0.5, 0.6) is 0 Å². The highest BCUT2D eigenvalue weighted by Gasteiger charge is 2.25. The summed E-state index contributed by atoms with van der Waals surface area (Å²) in [6.07, 6.45) is 5.26. The van der Waals surface area contributed by atoms with E-state index in [-0.39, 0.29) is 33.7 Å². The van der Waals surface area contributed by atoms with Gasteiger partial charge in [0, 0.05) is 29.1 Å². The molecule has 12 heteroatoms. The SMILES string of the molecule is Nc1cnc(S(=O)(=O)c2ccccc2-c2ccc(-c3cnc(N)nc3)c(F)c2)nc1.O=CO. The summed E-state index contributed by atoms with van der Waals surface area (Å²) in [6.45, 7) is -0.250. The van der Waals surface area contributed by atoms with Crippen LogP contribution in [0, 0.1) is 5.82 Å². The minimum Gasteiger partial charge on any atom is -0.483 e. The molecule has 0 bridgehead atoms. The van der Waals surface area contributed by atoms with Crippen molar-refractivity contribution in [1.29, 1.82) is 0 Å². The lowest BCUT2D eigenvalue weighted by Crippen LogP contribution is -2.09. The number of carbonyl (C=O) groups is 1. The number of nitrogens with two attached hydrogens (primary N) is 2. The Morgan fingerprint density at radius 3 is 2.06 bits per heavy atom. The first kappa shape index (κ1) is 23.2. The fourth-order valence-electron chi connectivity index (χ4n) is 2.90. The van der Waals surface area contributed by atoms with Crippen molar-refractivity contribution in [3.05, 3.63) is 73.1 Å². The van der Waals surface area contributed by atoms with Gasteiger partial charge in [0.1, 0.15) is 5.82 Å². The number of sulfone groups is 1. The normalized spacial score (nSPS) is 10.7. The first-order valence-electron chi connectivity index (χ1n) is 9.15. The lowest BCUT2D eigenvalue weighted by Gasteiger charge is -2.11. The van der Waals surface area contributed by atoms with Gasteiger partial charge in [0.15, 0.2) is 0 Å². The Bertz CT molecular complexity index is 1380. The van der Waals surface area contributed by atoms with Gasteiger partial charge in [-0.3, -0.25) is 4.79 Å². The van der Waals surface area contributed by atoms with Gasteiger partial charge in [0.2, 0.25) is 15.8 Å². The number of hydrogen-bond acceptors (Lipinski definition) is 9. The van der Waals surface area contributed by atoms with Crippen molar-refractivity contribution in [3.63, 3.8) is 0 Å². The standard InChI is InChI=1S/C20H15FN6O2S.CH2O2/c21-17-7-12(5-6-15(17)13-8-24-19(23)25-9-13)16-3-1-2-4-18(16)30(28,29)20-26-10-14(22)11-27-20;2-1-3/h1-11H,22H2,(H2,23,24,25);1H,(H,2,3). The lowest BCUT2D eigenvalue weighted by atomic mass is 10.0. The van der Waals surface area contributed by atoms with E-state index in [1.165, 1.54) is 43.0 Å². The molecule has 0 fully saturated rings. The quantitative estimate of drug-likeness (QED) is 0.298. The Balaban J connectivity index is 0.000000968. The molecule has 2 aromatic heterocycles. The van der Waals surface area contributed by atoms with E-state index in [2.05, 4.69) is 19.9 Å². The van der Waals surface area contributed by atoms with E-state index < -0.39 is 15.7 Å². The van der Waals surface area contributed by atoms with Gasteiger partial charge in [-0.05, 0) is 17.7 Å². The molecule has 0 atom stereocenters. The molecule has 2 aromatic carbocycles. The number of aromatic nitrogens is 4. The van der Waals surface area contributed by atoms with Crippen molar-refractivity contribution in [3.8, 4) is 22.3 Å². The van der Waals surface area contributed by atoms with E-state index in [0.29, 0.717) is 16.7 Å². The van der Waals surface area contributed by atoms with Crippen molar-refractivity contribution in [2.24, 2.45) is 0 Å². The molecule has 4 aromatic rings. The van der Waals surface area contributed by atoms with Crippen LogP contribution in [0.4, 0.5) is 16.0 Å². The zero-order valence-electron chi connectivity index (χ0n) is 16.8. The molecule has 5 N–H and O–H groups in total. The molecule has 0 saturated heterocycles. The number of nitrogen functional groups attached to an aromatic ring is 2. The van der Waals surface area contributed by atoms with Crippen LogP contribution in [0.15, 0.2) is 77.3 Å². The van der Waals surface area contributed by atoms with E-state index in [0.717, 1.165) is 0 Å². The van der Waals surface area contributed by atoms with Gasteiger partial charge in [-0.15, -0.1) is 0 Å². The number of carboxylic acid groups (broad SMARTS) is 1. The van der Waals surface area contributed by atoms with Crippen LogP contribution in [0.1, 0.15) is 0 Å². The number of rotatable bonds is 4. The average Bonchev–Trinajstić information content (AvgIpc) is 2.80. The Hall–Kier alpha value is -4.45. The molecule has 10 nitrogen and oxygen atoms in total. The summed E-state index contributed by atoms with van der Waals surface area (Å²) < 4.78 is 41.0. The number of benzene rings is 2. The van der Waals surface area contributed by atoms with Crippen LogP contribution in [-0.4, -0.2) is 39.9 Å². The van der Waals surface area contributed by atoms with Gasteiger partial charge >= 0.3 is 0 Å². The third-order valence-corrected chi connectivity index (χ3v) is 5.95. The lowest BCUT2D eigenvalue weighted by molar-refractivity contribution is -0.122. The van der Waals surface area contributed by atoms with Gasteiger partial charge in [-0.25, -0.2) is 32.7 Å². The number of hydrogen-bond donors (Lipinski definition) is 3. The Labute approximate surface area is 187 Å². The van der Waals surface area contributed by atoms with E-state index >= 15 is 0 Å². The van der Waals surface area contributed by atoms with E-state index in [9.17, 15) is 12.8 Å². The highest BCUT2D eigenvalue weighted by atomic mass is 32.2. The molecular weight excluding hydrogens is 451 g/mol. The van der Waals surface area contributed by atoms with Crippen molar-refractivity contribution in [2.75, 3.05) is 11.5 Å². The summed E-state index contributed by atoms with van der Waals surface area (Å²) in [4.78, 5) is 23.7. The minimum atomic E-state index is -4.05. The summed E-state index contributed by atoms with van der Waals surface area (Å²) >= 11 is 0. The van der Waals surface area contributed by atoms with E-state index in [1.807, 2.05) is 0 Å². The summed E-state index contributed by atoms with van der Waals surface area (Å²) in [5, 5.41) is 6.50. The first-order valence-corrected chi connectivity index (χ1v) is 10.6. The van der Waals surface area contributed by atoms with Crippen molar-refractivity contribution >= 4 is 27.9 Å². The van der Waals surface area contributed by atoms with Crippen LogP contribution in [-0.2, 0) is 14.6 Å². The molecule has 0 radical (unpaired) electrons. The topological polar surface area (TPSA) is 175 Å². The average molecular weight is 468 g/mol. The molecule has 0 aliphatic carbocycles. The van der Waals surface area contributed by atoms with Crippen molar-refractivity contribution < 1.29 is 22.7 Å². The smallest absolute Gasteiger partial charge is 0.290 e. The van der Waals surface area contributed by atoms with Crippen LogP contribution in [0.25, 0.3) is 22.3 Å². The summed E-state index contributed by atoms with van der Waals surface area (Å²) in [6, 6.07) is 10.6. The monoisotopic (exact) mass is 468 g/mol. The predicted octanol–water partition coefficient (Wildman–Crippen LogP) is 2.44.